The first-order valence-electron chi connectivity index (χ1n) is 4.57. The zero-order valence-corrected chi connectivity index (χ0v) is 9.87. The largest absolute Gasteiger partial charge is 0.394 e. The van der Waals surface area contributed by atoms with Crippen LogP contribution in [0.2, 0.25) is 0 Å². The number of aliphatic hydroxyl groups is 2. The van der Waals surface area contributed by atoms with E-state index in [0.29, 0.717) is 4.47 Å². The second-order valence-electron chi connectivity index (χ2n) is 3.14. The van der Waals surface area contributed by atoms with Crippen LogP contribution in [0.15, 0.2) is 22.7 Å². The summed E-state index contributed by atoms with van der Waals surface area (Å²) in [5.74, 6) is -1.29. The van der Waals surface area contributed by atoms with Crippen molar-refractivity contribution in [3.63, 3.8) is 0 Å². The summed E-state index contributed by atoms with van der Waals surface area (Å²) >= 11 is 3.06. The first-order chi connectivity index (χ1) is 7.56. The molecular formula is C10H11BrFNO3. The fourth-order valence-corrected chi connectivity index (χ4v) is 1.60. The number of hydrogen-bond donors (Lipinski definition) is 3. The van der Waals surface area contributed by atoms with Crippen LogP contribution in [-0.2, 0) is 0 Å². The van der Waals surface area contributed by atoms with Crippen LogP contribution >= 0.6 is 15.9 Å². The molecule has 88 valence electrons. The number of carbonyl (C=O) groups is 1. The third-order valence-electron chi connectivity index (χ3n) is 1.90. The van der Waals surface area contributed by atoms with Crippen molar-refractivity contribution >= 4 is 21.8 Å². The van der Waals surface area contributed by atoms with Gasteiger partial charge in [0.05, 0.1) is 18.3 Å². The Labute approximate surface area is 100 Å². The van der Waals surface area contributed by atoms with Crippen molar-refractivity contribution in [3.05, 3.63) is 34.1 Å². The molecule has 0 fully saturated rings. The Balaban J connectivity index is 2.73. The van der Waals surface area contributed by atoms with Crippen LogP contribution in [0, 0.1) is 5.82 Å². The molecule has 0 aliphatic carbocycles. The molecule has 3 N–H and O–H groups in total. The van der Waals surface area contributed by atoms with Crippen LogP contribution in [0.4, 0.5) is 4.39 Å². The molecule has 4 nitrogen and oxygen atoms in total. The Morgan fingerprint density at radius 3 is 2.81 bits per heavy atom. The van der Waals surface area contributed by atoms with Crippen molar-refractivity contribution < 1.29 is 19.4 Å². The van der Waals surface area contributed by atoms with E-state index in [0.717, 1.165) is 0 Å². The molecular weight excluding hydrogens is 281 g/mol. The van der Waals surface area contributed by atoms with E-state index in [2.05, 4.69) is 21.2 Å². The lowest BCUT2D eigenvalue weighted by atomic mass is 10.2. The van der Waals surface area contributed by atoms with Crippen LogP contribution in [0.25, 0.3) is 0 Å². The topological polar surface area (TPSA) is 69.6 Å². The molecule has 1 aromatic rings. The van der Waals surface area contributed by atoms with Crippen LogP contribution in [0.3, 0.4) is 0 Å². The standard InChI is InChI=1S/C10H11BrFNO3/c11-7-2-1-3-8(12)9(7)10(16)13-4-6(15)5-14/h1-3,6,14-15H,4-5H2,(H,13,16). The number of amides is 1. The van der Waals surface area contributed by atoms with Gasteiger partial charge in [0, 0.05) is 11.0 Å². The Hall–Kier alpha value is -0.980. The highest BCUT2D eigenvalue weighted by atomic mass is 79.9. The number of aliphatic hydroxyl groups excluding tert-OH is 2. The maximum Gasteiger partial charge on any atom is 0.255 e. The lowest BCUT2D eigenvalue weighted by Crippen LogP contribution is -2.34. The van der Waals surface area contributed by atoms with Gasteiger partial charge in [-0.15, -0.1) is 0 Å². The Kier molecular flexibility index (Phi) is 4.85. The van der Waals surface area contributed by atoms with Gasteiger partial charge in [-0.05, 0) is 28.1 Å². The van der Waals surface area contributed by atoms with E-state index in [1.165, 1.54) is 12.1 Å². The highest BCUT2D eigenvalue weighted by Crippen LogP contribution is 2.19. The molecule has 0 aliphatic heterocycles. The molecule has 0 bridgehead atoms. The molecule has 1 aromatic carbocycles. The Bertz CT molecular complexity index is 366. The summed E-state index contributed by atoms with van der Waals surface area (Å²) in [6.45, 7) is -0.588. The summed E-state index contributed by atoms with van der Waals surface area (Å²) in [6, 6.07) is 4.18. The van der Waals surface area contributed by atoms with Gasteiger partial charge in [-0.1, -0.05) is 6.07 Å². The van der Waals surface area contributed by atoms with Crippen LogP contribution in [-0.4, -0.2) is 35.4 Å². The van der Waals surface area contributed by atoms with Gasteiger partial charge in [0.2, 0.25) is 0 Å². The maximum absolute atomic E-state index is 13.3. The first kappa shape index (κ1) is 13.1. The Morgan fingerprint density at radius 1 is 1.56 bits per heavy atom. The number of nitrogens with one attached hydrogen (secondary N) is 1. The minimum atomic E-state index is -1.05. The molecule has 1 amide bonds. The summed E-state index contributed by atoms with van der Waals surface area (Å²) in [4.78, 5) is 11.5. The van der Waals surface area contributed by atoms with Crippen molar-refractivity contribution in [2.45, 2.75) is 6.10 Å². The molecule has 0 saturated carbocycles. The van der Waals surface area contributed by atoms with E-state index < -0.39 is 24.4 Å². The normalized spacial score (nSPS) is 12.2. The number of halogens is 2. The van der Waals surface area contributed by atoms with E-state index in [4.69, 9.17) is 10.2 Å². The number of benzene rings is 1. The second-order valence-corrected chi connectivity index (χ2v) is 4.00. The van der Waals surface area contributed by atoms with Gasteiger partial charge in [0.25, 0.3) is 5.91 Å². The molecule has 1 rings (SSSR count). The first-order valence-corrected chi connectivity index (χ1v) is 5.36. The van der Waals surface area contributed by atoms with Crippen molar-refractivity contribution in [1.82, 2.24) is 5.32 Å². The summed E-state index contributed by atoms with van der Waals surface area (Å²) < 4.78 is 13.6. The number of rotatable bonds is 4. The minimum Gasteiger partial charge on any atom is -0.394 e. The van der Waals surface area contributed by atoms with E-state index in [1.54, 1.807) is 6.07 Å². The van der Waals surface area contributed by atoms with Gasteiger partial charge in [-0.25, -0.2) is 4.39 Å². The zero-order valence-electron chi connectivity index (χ0n) is 8.28. The minimum absolute atomic E-state index is 0.118. The zero-order chi connectivity index (χ0) is 12.1. The molecule has 1 atom stereocenters. The van der Waals surface area contributed by atoms with Crippen molar-refractivity contribution in [2.24, 2.45) is 0 Å². The van der Waals surface area contributed by atoms with Crippen LogP contribution in [0.1, 0.15) is 10.4 Å². The fourth-order valence-electron chi connectivity index (χ4n) is 1.08. The third-order valence-corrected chi connectivity index (χ3v) is 2.56. The van der Waals surface area contributed by atoms with Gasteiger partial charge in [-0.3, -0.25) is 4.79 Å². The molecule has 0 heterocycles. The van der Waals surface area contributed by atoms with Gasteiger partial charge in [0.1, 0.15) is 5.82 Å². The smallest absolute Gasteiger partial charge is 0.255 e. The average Bonchev–Trinajstić information content (AvgIpc) is 2.25. The van der Waals surface area contributed by atoms with Crippen LogP contribution in [0.5, 0.6) is 0 Å². The highest BCUT2D eigenvalue weighted by molar-refractivity contribution is 9.10. The van der Waals surface area contributed by atoms with Crippen molar-refractivity contribution in [1.29, 1.82) is 0 Å². The maximum atomic E-state index is 13.3. The van der Waals surface area contributed by atoms with Gasteiger partial charge in [-0.2, -0.15) is 0 Å². The monoisotopic (exact) mass is 291 g/mol. The fraction of sp³-hybridized carbons (Fsp3) is 0.300. The van der Waals surface area contributed by atoms with Gasteiger partial charge in [0.15, 0.2) is 0 Å². The van der Waals surface area contributed by atoms with Gasteiger partial charge < -0.3 is 15.5 Å². The van der Waals surface area contributed by atoms with Crippen molar-refractivity contribution in [3.8, 4) is 0 Å². The highest BCUT2D eigenvalue weighted by Gasteiger charge is 2.15. The molecule has 16 heavy (non-hydrogen) atoms. The summed E-state index contributed by atoms with van der Waals surface area (Å²) in [6.07, 6.45) is -1.05. The second kappa shape index (κ2) is 5.93. The quantitative estimate of drug-likeness (QED) is 0.764. The summed E-state index contributed by atoms with van der Waals surface area (Å²) in [5, 5.41) is 19.9. The third kappa shape index (κ3) is 3.26. The average molecular weight is 292 g/mol. The van der Waals surface area contributed by atoms with E-state index in [9.17, 15) is 9.18 Å². The molecule has 0 radical (unpaired) electrons. The predicted molar refractivity (Wildman–Crippen MR) is 59.5 cm³/mol. The van der Waals surface area contributed by atoms with E-state index >= 15 is 0 Å². The Morgan fingerprint density at radius 2 is 2.25 bits per heavy atom. The van der Waals surface area contributed by atoms with E-state index in [-0.39, 0.29) is 12.1 Å². The lowest BCUT2D eigenvalue weighted by molar-refractivity contribution is 0.0799. The molecule has 6 heteroatoms. The SMILES string of the molecule is O=C(NCC(O)CO)c1c(F)cccc1Br. The summed E-state index contributed by atoms with van der Waals surface area (Å²) in [5.41, 5.74) is -0.118. The van der Waals surface area contributed by atoms with E-state index in [1.807, 2.05) is 0 Å². The summed E-state index contributed by atoms with van der Waals surface area (Å²) in [7, 11) is 0. The van der Waals surface area contributed by atoms with Gasteiger partial charge >= 0.3 is 0 Å². The number of hydrogen-bond acceptors (Lipinski definition) is 3. The molecule has 0 saturated heterocycles. The predicted octanol–water partition coefficient (Wildman–Crippen LogP) is 0.671. The van der Waals surface area contributed by atoms with Crippen molar-refractivity contribution in [2.75, 3.05) is 13.2 Å². The van der Waals surface area contributed by atoms with Crippen LogP contribution < -0.4 is 5.32 Å². The molecule has 1 unspecified atom stereocenters. The molecule has 0 spiro atoms. The molecule has 0 aromatic heterocycles. The molecule has 0 aliphatic rings. The number of carbonyl (C=O) groups excluding carboxylic acids is 1. The lowest BCUT2D eigenvalue weighted by Gasteiger charge is -2.10.